The van der Waals surface area contributed by atoms with Crippen LogP contribution in [0.5, 0.6) is 0 Å². The Labute approximate surface area is 75.2 Å². The number of nitrogens with one attached hydrogen (secondary N) is 1. The van der Waals surface area contributed by atoms with E-state index in [2.05, 4.69) is 5.32 Å². The number of rotatable bonds is 3. The van der Waals surface area contributed by atoms with Gasteiger partial charge in [-0.25, -0.2) is 8.78 Å². The molecule has 0 fully saturated rings. The smallest absolute Gasteiger partial charge is 0.159 e. The Balaban J connectivity index is 2.63. The van der Waals surface area contributed by atoms with E-state index in [9.17, 15) is 8.78 Å². The highest BCUT2D eigenvalue weighted by atomic mass is 19.2. The van der Waals surface area contributed by atoms with Crippen LogP contribution in [0.1, 0.15) is 12.5 Å². The first-order valence-corrected chi connectivity index (χ1v) is 3.95. The summed E-state index contributed by atoms with van der Waals surface area (Å²) >= 11 is 0. The van der Waals surface area contributed by atoms with Crippen LogP contribution in [0.4, 0.5) is 8.78 Å². The second-order valence-corrected chi connectivity index (χ2v) is 2.81. The molecule has 1 aromatic carbocycles. The van der Waals surface area contributed by atoms with Gasteiger partial charge in [-0.15, -0.1) is 0 Å². The lowest BCUT2D eigenvalue weighted by Gasteiger charge is -2.07. The van der Waals surface area contributed by atoms with Gasteiger partial charge in [-0.2, -0.15) is 0 Å². The predicted molar refractivity (Wildman–Crippen MR) is 44.9 cm³/mol. The fourth-order valence-electron chi connectivity index (χ4n) is 0.915. The maximum absolute atomic E-state index is 12.6. The molecule has 0 saturated carbocycles. The standard InChI is InChI=1S/C9H11F2NO/c1-6(13)12-5-7-2-3-8(10)9(11)4-7/h2-4,6,12-13H,5H2,1H3. The molecule has 0 heterocycles. The average Bonchev–Trinajstić information content (AvgIpc) is 2.07. The molecular formula is C9H11F2NO. The molecule has 13 heavy (non-hydrogen) atoms. The van der Waals surface area contributed by atoms with Gasteiger partial charge in [0.05, 0.1) is 0 Å². The average molecular weight is 187 g/mol. The molecule has 0 amide bonds. The Kier molecular flexibility index (Phi) is 3.33. The van der Waals surface area contributed by atoms with E-state index < -0.39 is 17.9 Å². The van der Waals surface area contributed by atoms with Crippen molar-refractivity contribution in [2.75, 3.05) is 0 Å². The van der Waals surface area contributed by atoms with Gasteiger partial charge in [0.2, 0.25) is 0 Å². The minimum atomic E-state index is -0.870. The van der Waals surface area contributed by atoms with Gasteiger partial charge in [0.15, 0.2) is 11.6 Å². The Bertz CT molecular complexity index is 289. The summed E-state index contributed by atoms with van der Waals surface area (Å²) in [6.07, 6.45) is -0.659. The molecule has 1 aromatic rings. The topological polar surface area (TPSA) is 32.3 Å². The van der Waals surface area contributed by atoms with Crippen LogP contribution in [-0.4, -0.2) is 11.3 Å². The molecule has 0 aliphatic heterocycles. The molecule has 0 aliphatic rings. The van der Waals surface area contributed by atoms with Crippen LogP contribution in [0.2, 0.25) is 0 Å². The summed E-state index contributed by atoms with van der Waals surface area (Å²) in [6, 6.07) is 3.63. The zero-order valence-electron chi connectivity index (χ0n) is 7.22. The van der Waals surface area contributed by atoms with Crippen molar-refractivity contribution in [2.45, 2.75) is 19.7 Å². The Morgan fingerprint density at radius 2 is 2.08 bits per heavy atom. The van der Waals surface area contributed by atoms with E-state index in [4.69, 9.17) is 5.11 Å². The highest BCUT2D eigenvalue weighted by molar-refractivity contribution is 5.17. The summed E-state index contributed by atoms with van der Waals surface area (Å²) in [4.78, 5) is 0. The second-order valence-electron chi connectivity index (χ2n) is 2.81. The molecule has 0 radical (unpaired) electrons. The largest absolute Gasteiger partial charge is 0.379 e. The van der Waals surface area contributed by atoms with Crippen molar-refractivity contribution >= 4 is 0 Å². The van der Waals surface area contributed by atoms with Crippen molar-refractivity contribution < 1.29 is 13.9 Å². The Hall–Kier alpha value is -1.00. The lowest BCUT2D eigenvalue weighted by molar-refractivity contribution is 0.155. The van der Waals surface area contributed by atoms with Gasteiger partial charge in [0.1, 0.15) is 6.23 Å². The normalized spacial score (nSPS) is 12.9. The monoisotopic (exact) mass is 187 g/mol. The molecule has 4 heteroatoms. The van der Waals surface area contributed by atoms with Crippen molar-refractivity contribution in [3.63, 3.8) is 0 Å². The highest BCUT2D eigenvalue weighted by Gasteiger charge is 2.02. The van der Waals surface area contributed by atoms with Crippen LogP contribution in [0.15, 0.2) is 18.2 Å². The summed E-state index contributed by atoms with van der Waals surface area (Å²) in [5.41, 5.74) is 0.597. The highest BCUT2D eigenvalue weighted by Crippen LogP contribution is 2.08. The van der Waals surface area contributed by atoms with E-state index in [0.717, 1.165) is 12.1 Å². The van der Waals surface area contributed by atoms with Crippen LogP contribution < -0.4 is 5.32 Å². The number of aliphatic hydroxyl groups excluding tert-OH is 1. The molecule has 1 atom stereocenters. The number of aliphatic hydroxyl groups is 1. The van der Waals surface area contributed by atoms with Gasteiger partial charge in [-0.05, 0) is 24.6 Å². The summed E-state index contributed by atoms with van der Waals surface area (Å²) in [6.45, 7) is 1.87. The SMILES string of the molecule is CC(O)NCc1ccc(F)c(F)c1. The number of hydrogen-bond donors (Lipinski definition) is 2. The predicted octanol–water partition coefficient (Wildman–Crippen LogP) is 1.39. The van der Waals surface area contributed by atoms with Crippen molar-refractivity contribution in [1.29, 1.82) is 0 Å². The maximum atomic E-state index is 12.6. The van der Waals surface area contributed by atoms with E-state index in [0.29, 0.717) is 12.1 Å². The van der Waals surface area contributed by atoms with Gasteiger partial charge in [-0.3, -0.25) is 5.32 Å². The van der Waals surface area contributed by atoms with Crippen molar-refractivity contribution in [1.82, 2.24) is 5.32 Å². The third-order valence-electron chi connectivity index (χ3n) is 1.59. The summed E-state index contributed by atoms with van der Waals surface area (Å²) in [5.74, 6) is -1.73. The zero-order valence-corrected chi connectivity index (χ0v) is 7.22. The number of hydrogen-bond acceptors (Lipinski definition) is 2. The van der Waals surface area contributed by atoms with E-state index in [-0.39, 0.29) is 0 Å². The quantitative estimate of drug-likeness (QED) is 0.701. The summed E-state index contributed by atoms with van der Waals surface area (Å²) in [7, 11) is 0. The first-order valence-electron chi connectivity index (χ1n) is 3.95. The molecule has 0 aliphatic carbocycles. The molecule has 0 aromatic heterocycles. The molecule has 0 bridgehead atoms. The molecule has 2 nitrogen and oxygen atoms in total. The van der Waals surface area contributed by atoms with E-state index in [1.165, 1.54) is 6.07 Å². The first-order chi connectivity index (χ1) is 6.09. The molecule has 0 spiro atoms. The molecular weight excluding hydrogens is 176 g/mol. The Morgan fingerprint density at radius 1 is 1.38 bits per heavy atom. The van der Waals surface area contributed by atoms with Crippen molar-refractivity contribution in [2.24, 2.45) is 0 Å². The zero-order chi connectivity index (χ0) is 9.84. The fourth-order valence-corrected chi connectivity index (χ4v) is 0.915. The Morgan fingerprint density at radius 3 is 2.62 bits per heavy atom. The first kappa shape index (κ1) is 10.1. The van der Waals surface area contributed by atoms with E-state index in [1.54, 1.807) is 6.92 Å². The van der Waals surface area contributed by atoms with Crippen LogP contribution in [-0.2, 0) is 6.54 Å². The fraction of sp³-hybridized carbons (Fsp3) is 0.333. The van der Waals surface area contributed by atoms with Gasteiger partial charge >= 0.3 is 0 Å². The van der Waals surface area contributed by atoms with Crippen LogP contribution in [0.25, 0.3) is 0 Å². The second kappa shape index (κ2) is 4.30. The third-order valence-corrected chi connectivity index (χ3v) is 1.59. The lowest BCUT2D eigenvalue weighted by Crippen LogP contribution is -2.24. The maximum Gasteiger partial charge on any atom is 0.159 e. The minimum Gasteiger partial charge on any atom is -0.379 e. The summed E-state index contributed by atoms with van der Waals surface area (Å²) in [5, 5.41) is 11.5. The number of benzene rings is 1. The summed E-state index contributed by atoms with van der Waals surface area (Å²) < 4.78 is 25.1. The minimum absolute atomic E-state index is 0.314. The van der Waals surface area contributed by atoms with Gasteiger partial charge in [0.25, 0.3) is 0 Å². The van der Waals surface area contributed by atoms with Crippen LogP contribution in [0, 0.1) is 11.6 Å². The van der Waals surface area contributed by atoms with Crippen LogP contribution >= 0.6 is 0 Å². The molecule has 72 valence electrons. The molecule has 0 saturated heterocycles. The third kappa shape index (κ3) is 3.08. The van der Waals surface area contributed by atoms with Crippen molar-refractivity contribution in [3.05, 3.63) is 35.4 Å². The van der Waals surface area contributed by atoms with Gasteiger partial charge in [0, 0.05) is 6.54 Å². The van der Waals surface area contributed by atoms with E-state index >= 15 is 0 Å². The van der Waals surface area contributed by atoms with E-state index in [1.807, 2.05) is 0 Å². The number of halogens is 2. The lowest BCUT2D eigenvalue weighted by atomic mass is 10.2. The van der Waals surface area contributed by atoms with Gasteiger partial charge in [-0.1, -0.05) is 6.07 Å². The van der Waals surface area contributed by atoms with Crippen molar-refractivity contribution in [3.8, 4) is 0 Å². The molecule has 1 unspecified atom stereocenters. The van der Waals surface area contributed by atoms with Gasteiger partial charge < -0.3 is 5.11 Å². The molecule has 2 N–H and O–H groups in total. The molecule has 1 rings (SSSR count). The van der Waals surface area contributed by atoms with Crippen LogP contribution in [0.3, 0.4) is 0 Å².